The van der Waals surface area contributed by atoms with Crippen molar-refractivity contribution in [1.82, 2.24) is 5.43 Å². The van der Waals surface area contributed by atoms with Crippen LogP contribution >= 0.6 is 11.3 Å². The lowest BCUT2D eigenvalue weighted by Crippen LogP contribution is -2.27. The zero-order valence-electron chi connectivity index (χ0n) is 9.09. The number of nitrogens with one attached hydrogen (secondary N) is 1. The molecule has 3 N–H and O–H groups in total. The Morgan fingerprint density at radius 2 is 2.06 bits per heavy atom. The van der Waals surface area contributed by atoms with Crippen molar-refractivity contribution in [3.63, 3.8) is 0 Å². The predicted octanol–water partition coefficient (Wildman–Crippen LogP) is 3.05. The molecule has 3 rings (SSSR count). The van der Waals surface area contributed by atoms with E-state index in [0.29, 0.717) is 0 Å². The van der Waals surface area contributed by atoms with Gasteiger partial charge in [-0.3, -0.25) is 5.84 Å². The molecule has 3 aromatic rings. The summed E-state index contributed by atoms with van der Waals surface area (Å²) in [7, 11) is 0. The Balaban J connectivity index is 2.07. The molecule has 3 nitrogen and oxygen atoms in total. The second-order valence-electron chi connectivity index (χ2n) is 3.80. The van der Waals surface area contributed by atoms with E-state index < -0.39 is 0 Å². The molecule has 1 unspecified atom stereocenters. The number of rotatable bonds is 3. The molecule has 0 bridgehead atoms. The van der Waals surface area contributed by atoms with Gasteiger partial charge in [0.1, 0.15) is 17.4 Å². The number of fused-ring (bicyclic) bond motifs is 1. The molecule has 0 saturated heterocycles. The molecular formula is C13H12N2OS. The predicted molar refractivity (Wildman–Crippen MR) is 69.7 cm³/mol. The van der Waals surface area contributed by atoms with Crippen molar-refractivity contribution < 1.29 is 4.42 Å². The molecule has 0 saturated carbocycles. The number of furan rings is 1. The standard InChI is InChI=1S/C13H12N2OS/c14-15-13(12-6-3-7-17-12)11-8-9-4-1-2-5-10(9)16-11/h1-8,13,15H,14H2. The Labute approximate surface area is 103 Å². The minimum Gasteiger partial charge on any atom is -0.459 e. The van der Waals surface area contributed by atoms with Crippen molar-refractivity contribution in [2.24, 2.45) is 5.84 Å². The lowest BCUT2D eigenvalue weighted by molar-refractivity contribution is 0.481. The number of nitrogens with two attached hydrogens (primary N) is 1. The molecule has 0 spiro atoms. The molecule has 0 aliphatic carbocycles. The number of thiophene rings is 1. The van der Waals surface area contributed by atoms with Gasteiger partial charge in [0.15, 0.2) is 0 Å². The van der Waals surface area contributed by atoms with Gasteiger partial charge in [-0.1, -0.05) is 24.3 Å². The fourth-order valence-electron chi connectivity index (χ4n) is 1.90. The highest BCUT2D eigenvalue weighted by molar-refractivity contribution is 7.10. The summed E-state index contributed by atoms with van der Waals surface area (Å²) in [5.41, 5.74) is 3.69. The fourth-order valence-corrected chi connectivity index (χ4v) is 2.70. The molecular weight excluding hydrogens is 232 g/mol. The smallest absolute Gasteiger partial charge is 0.134 e. The number of para-hydroxylation sites is 1. The van der Waals surface area contributed by atoms with Crippen molar-refractivity contribution >= 4 is 22.3 Å². The van der Waals surface area contributed by atoms with Crippen LogP contribution < -0.4 is 11.3 Å². The number of hydrazine groups is 1. The van der Waals surface area contributed by atoms with Crippen molar-refractivity contribution in [3.05, 3.63) is 58.5 Å². The van der Waals surface area contributed by atoms with Gasteiger partial charge >= 0.3 is 0 Å². The van der Waals surface area contributed by atoms with E-state index in [4.69, 9.17) is 10.3 Å². The molecule has 17 heavy (non-hydrogen) atoms. The zero-order chi connectivity index (χ0) is 11.7. The molecule has 0 aliphatic heterocycles. The average Bonchev–Trinajstić information content (AvgIpc) is 2.98. The van der Waals surface area contributed by atoms with Crippen LogP contribution in [0, 0.1) is 0 Å². The number of benzene rings is 1. The van der Waals surface area contributed by atoms with Crippen LogP contribution in [-0.2, 0) is 0 Å². The largest absolute Gasteiger partial charge is 0.459 e. The second kappa shape index (κ2) is 4.33. The summed E-state index contributed by atoms with van der Waals surface area (Å²) in [5, 5.41) is 3.13. The van der Waals surface area contributed by atoms with E-state index in [1.807, 2.05) is 47.8 Å². The second-order valence-corrected chi connectivity index (χ2v) is 4.78. The van der Waals surface area contributed by atoms with E-state index in [2.05, 4.69) is 5.43 Å². The van der Waals surface area contributed by atoms with Gasteiger partial charge in [-0.15, -0.1) is 11.3 Å². The van der Waals surface area contributed by atoms with Crippen molar-refractivity contribution in [1.29, 1.82) is 0 Å². The Hall–Kier alpha value is -1.62. The van der Waals surface area contributed by atoms with Crippen LogP contribution in [0.4, 0.5) is 0 Å². The highest BCUT2D eigenvalue weighted by Gasteiger charge is 2.17. The SMILES string of the molecule is NNC(c1cc2ccccc2o1)c1cccs1. The van der Waals surface area contributed by atoms with Gasteiger partial charge in [-0.25, -0.2) is 5.43 Å². The summed E-state index contributed by atoms with van der Waals surface area (Å²) in [6.45, 7) is 0. The van der Waals surface area contributed by atoms with Crippen molar-refractivity contribution in [2.45, 2.75) is 6.04 Å². The third kappa shape index (κ3) is 1.86. The van der Waals surface area contributed by atoms with Gasteiger partial charge in [-0.2, -0.15) is 0 Å². The van der Waals surface area contributed by atoms with Gasteiger partial charge in [0, 0.05) is 10.3 Å². The molecule has 1 atom stereocenters. The number of hydrogen-bond donors (Lipinski definition) is 2. The normalized spacial score (nSPS) is 13.0. The van der Waals surface area contributed by atoms with E-state index in [9.17, 15) is 0 Å². The van der Waals surface area contributed by atoms with Gasteiger partial charge in [0.25, 0.3) is 0 Å². The third-order valence-corrected chi connectivity index (χ3v) is 3.66. The zero-order valence-corrected chi connectivity index (χ0v) is 9.91. The Kier molecular flexibility index (Phi) is 2.68. The van der Waals surface area contributed by atoms with Crippen LogP contribution in [0.3, 0.4) is 0 Å². The Morgan fingerprint density at radius 3 is 2.76 bits per heavy atom. The first-order valence-electron chi connectivity index (χ1n) is 5.36. The maximum absolute atomic E-state index is 5.81. The lowest BCUT2D eigenvalue weighted by Gasteiger charge is -2.10. The van der Waals surface area contributed by atoms with Gasteiger partial charge in [-0.05, 0) is 23.6 Å². The topological polar surface area (TPSA) is 51.2 Å². The molecule has 4 heteroatoms. The van der Waals surface area contributed by atoms with Crippen molar-refractivity contribution in [2.75, 3.05) is 0 Å². The molecule has 0 aliphatic rings. The van der Waals surface area contributed by atoms with Crippen LogP contribution in [0.15, 0.2) is 52.3 Å². The minimum atomic E-state index is -0.0811. The first-order chi connectivity index (χ1) is 8.38. The molecule has 86 valence electrons. The summed E-state index contributed by atoms with van der Waals surface area (Å²) in [6, 6.07) is 14.0. The Morgan fingerprint density at radius 1 is 1.18 bits per heavy atom. The van der Waals surface area contributed by atoms with E-state index in [0.717, 1.165) is 21.6 Å². The molecule has 0 fully saturated rings. The molecule has 2 aromatic heterocycles. The van der Waals surface area contributed by atoms with E-state index in [1.165, 1.54) is 0 Å². The lowest BCUT2D eigenvalue weighted by atomic mass is 10.2. The monoisotopic (exact) mass is 244 g/mol. The molecule has 0 radical (unpaired) electrons. The highest BCUT2D eigenvalue weighted by Crippen LogP contribution is 2.29. The van der Waals surface area contributed by atoms with Gasteiger partial charge in [0.05, 0.1) is 0 Å². The summed E-state index contributed by atoms with van der Waals surface area (Å²) in [4.78, 5) is 1.14. The maximum Gasteiger partial charge on any atom is 0.134 e. The van der Waals surface area contributed by atoms with Crippen molar-refractivity contribution in [3.8, 4) is 0 Å². The van der Waals surface area contributed by atoms with E-state index in [1.54, 1.807) is 11.3 Å². The van der Waals surface area contributed by atoms with Crippen LogP contribution in [0.5, 0.6) is 0 Å². The maximum atomic E-state index is 5.81. The first kappa shape index (κ1) is 10.5. The number of hydrogen-bond acceptors (Lipinski definition) is 4. The van der Waals surface area contributed by atoms with Crippen LogP contribution in [-0.4, -0.2) is 0 Å². The molecule has 0 amide bonds. The van der Waals surface area contributed by atoms with Crippen LogP contribution in [0.2, 0.25) is 0 Å². The Bertz CT molecular complexity index is 582. The summed E-state index contributed by atoms with van der Waals surface area (Å²) in [5.74, 6) is 6.46. The summed E-state index contributed by atoms with van der Waals surface area (Å²) in [6.07, 6.45) is 0. The van der Waals surface area contributed by atoms with E-state index >= 15 is 0 Å². The van der Waals surface area contributed by atoms with Crippen LogP contribution in [0.1, 0.15) is 16.7 Å². The average molecular weight is 244 g/mol. The first-order valence-corrected chi connectivity index (χ1v) is 6.24. The fraction of sp³-hybridized carbons (Fsp3) is 0.0769. The summed E-state index contributed by atoms with van der Waals surface area (Å²) < 4.78 is 5.81. The minimum absolute atomic E-state index is 0.0811. The van der Waals surface area contributed by atoms with Gasteiger partial charge in [0.2, 0.25) is 0 Å². The van der Waals surface area contributed by atoms with Crippen LogP contribution in [0.25, 0.3) is 11.0 Å². The van der Waals surface area contributed by atoms with Gasteiger partial charge < -0.3 is 4.42 Å². The molecule has 2 heterocycles. The summed E-state index contributed by atoms with van der Waals surface area (Å²) >= 11 is 1.66. The highest BCUT2D eigenvalue weighted by atomic mass is 32.1. The quantitative estimate of drug-likeness (QED) is 0.550. The van der Waals surface area contributed by atoms with E-state index in [-0.39, 0.29) is 6.04 Å². The third-order valence-electron chi connectivity index (χ3n) is 2.72. The molecule has 1 aromatic carbocycles.